The molecule has 0 saturated heterocycles. The molecule has 0 spiro atoms. The molecule has 1 saturated carbocycles. The highest BCUT2D eigenvalue weighted by Gasteiger charge is 2.32. The van der Waals surface area contributed by atoms with E-state index < -0.39 is 0 Å². The molecule has 1 aromatic heterocycles. The number of aryl methyl sites for hydroxylation is 1. The van der Waals surface area contributed by atoms with E-state index in [2.05, 4.69) is 16.0 Å². The van der Waals surface area contributed by atoms with E-state index in [-0.39, 0.29) is 30.6 Å². The second-order valence-corrected chi connectivity index (χ2v) is 10.4. The Labute approximate surface area is 204 Å². The molecule has 0 bridgehead atoms. The Hall–Kier alpha value is -2.74. The minimum Gasteiger partial charge on any atom is -0.490 e. The number of thiophene rings is 1. The van der Waals surface area contributed by atoms with Crippen molar-refractivity contribution in [1.29, 1.82) is 0 Å². The molecule has 2 amide bonds. The molecule has 1 aromatic carbocycles. The van der Waals surface area contributed by atoms with Crippen molar-refractivity contribution in [1.82, 2.24) is 10.6 Å². The lowest BCUT2D eigenvalue weighted by Crippen LogP contribution is -2.39. The Morgan fingerprint density at radius 3 is 2.71 bits per heavy atom. The van der Waals surface area contributed by atoms with Crippen molar-refractivity contribution < 1.29 is 19.1 Å². The van der Waals surface area contributed by atoms with Gasteiger partial charge in [-0.2, -0.15) is 0 Å². The Morgan fingerprint density at radius 2 is 1.88 bits per heavy atom. The van der Waals surface area contributed by atoms with Gasteiger partial charge in [0.25, 0.3) is 11.8 Å². The van der Waals surface area contributed by atoms with Crippen molar-refractivity contribution in [3.8, 4) is 11.5 Å². The number of benzene rings is 1. The molecule has 8 heteroatoms. The third-order valence-electron chi connectivity index (χ3n) is 6.88. The van der Waals surface area contributed by atoms with Gasteiger partial charge < -0.3 is 25.4 Å². The normalized spacial score (nSPS) is 19.9. The highest BCUT2D eigenvalue weighted by atomic mass is 32.1. The largest absolute Gasteiger partial charge is 0.490 e. The third kappa shape index (κ3) is 4.87. The lowest BCUT2D eigenvalue weighted by atomic mass is 9.94. The minimum atomic E-state index is -0.344. The summed E-state index contributed by atoms with van der Waals surface area (Å²) < 4.78 is 11.6. The van der Waals surface area contributed by atoms with Gasteiger partial charge in [0.15, 0.2) is 18.1 Å². The van der Waals surface area contributed by atoms with Gasteiger partial charge in [-0.15, -0.1) is 11.3 Å². The summed E-state index contributed by atoms with van der Waals surface area (Å²) in [5.41, 5.74) is 2.93. The first kappa shape index (κ1) is 23.0. The van der Waals surface area contributed by atoms with Crippen LogP contribution < -0.4 is 25.4 Å². The number of carbonyl (C=O) groups excluding carboxylic acids is 2. The number of nitrogens with one attached hydrogen (secondary N) is 3. The number of amides is 2. The fourth-order valence-corrected chi connectivity index (χ4v) is 6.51. The van der Waals surface area contributed by atoms with Crippen molar-refractivity contribution in [3.63, 3.8) is 0 Å². The van der Waals surface area contributed by atoms with Crippen LogP contribution in [-0.2, 0) is 17.6 Å². The molecule has 1 atom stereocenters. The van der Waals surface area contributed by atoms with E-state index in [0.29, 0.717) is 18.1 Å². The van der Waals surface area contributed by atoms with E-state index >= 15 is 0 Å². The van der Waals surface area contributed by atoms with Crippen molar-refractivity contribution in [2.75, 3.05) is 18.5 Å². The van der Waals surface area contributed by atoms with E-state index in [1.807, 2.05) is 25.1 Å². The Balaban J connectivity index is 1.28. The fourth-order valence-electron chi connectivity index (χ4n) is 5.20. The smallest absolute Gasteiger partial charge is 0.258 e. The van der Waals surface area contributed by atoms with E-state index in [0.717, 1.165) is 48.2 Å². The molecule has 3 aliphatic rings. The fraction of sp³-hybridized carbons (Fsp3) is 0.538. The first-order valence-corrected chi connectivity index (χ1v) is 13.3. The highest BCUT2D eigenvalue weighted by Crippen LogP contribution is 2.42. The van der Waals surface area contributed by atoms with Gasteiger partial charge in [0.05, 0.1) is 12.2 Å². The van der Waals surface area contributed by atoms with Gasteiger partial charge in [-0.1, -0.05) is 25.3 Å². The van der Waals surface area contributed by atoms with Crippen LogP contribution in [0.15, 0.2) is 18.2 Å². The van der Waals surface area contributed by atoms with Gasteiger partial charge in [0.1, 0.15) is 11.2 Å². The molecule has 1 fully saturated rings. The number of ether oxygens (including phenoxy) is 2. The van der Waals surface area contributed by atoms with E-state index in [4.69, 9.17) is 9.47 Å². The van der Waals surface area contributed by atoms with Crippen LogP contribution in [0.4, 0.5) is 5.00 Å². The first-order chi connectivity index (χ1) is 16.6. The number of rotatable bonds is 7. The van der Waals surface area contributed by atoms with Gasteiger partial charge in [-0.3, -0.25) is 9.59 Å². The zero-order valence-corrected chi connectivity index (χ0v) is 20.5. The Morgan fingerprint density at radius 1 is 1.06 bits per heavy atom. The monoisotopic (exact) mass is 483 g/mol. The molecule has 7 nitrogen and oxygen atoms in total. The Kier molecular flexibility index (Phi) is 6.94. The van der Waals surface area contributed by atoms with Crippen LogP contribution in [-0.4, -0.2) is 31.1 Å². The zero-order chi connectivity index (χ0) is 23.5. The SMILES string of the molecule is CCOc1cc([C@H]2NC(=O)c3c(sc4c3CCCC4)N2)ccc1OCC(=O)NC1CCCCC1. The number of fused-ring (bicyclic) bond motifs is 3. The number of hydrogen-bond acceptors (Lipinski definition) is 6. The topological polar surface area (TPSA) is 88.7 Å². The van der Waals surface area contributed by atoms with Crippen LogP contribution in [0.1, 0.15) is 84.4 Å². The third-order valence-corrected chi connectivity index (χ3v) is 8.10. The quantitative estimate of drug-likeness (QED) is 0.531. The zero-order valence-electron chi connectivity index (χ0n) is 19.7. The first-order valence-electron chi connectivity index (χ1n) is 12.5. The highest BCUT2D eigenvalue weighted by molar-refractivity contribution is 7.16. The predicted molar refractivity (Wildman–Crippen MR) is 133 cm³/mol. The molecular weight excluding hydrogens is 450 g/mol. The molecule has 2 heterocycles. The minimum absolute atomic E-state index is 0.0178. The number of carbonyl (C=O) groups is 2. The van der Waals surface area contributed by atoms with Gasteiger partial charge in [-0.05, 0) is 68.7 Å². The summed E-state index contributed by atoms with van der Waals surface area (Å²) in [6.07, 6.45) is 9.70. The van der Waals surface area contributed by atoms with E-state index in [1.54, 1.807) is 11.3 Å². The standard InChI is InChI=1S/C26H33N3O4S/c1-2-32-20-14-16(12-13-19(20)33-15-22(30)27-17-8-4-3-5-9-17)24-28-25(31)23-18-10-6-7-11-21(18)34-26(23)29-24/h12-14,17,24,29H,2-11,15H2,1H3,(H,27,30)(H,28,31)/t24-/m0/s1. The molecule has 2 aromatic rings. The Bertz CT molecular complexity index is 1060. The van der Waals surface area contributed by atoms with Crippen LogP contribution >= 0.6 is 11.3 Å². The average molecular weight is 484 g/mol. The van der Waals surface area contributed by atoms with E-state index in [9.17, 15) is 9.59 Å². The van der Waals surface area contributed by atoms with Crippen molar-refractivity contribution in [2.45, 2.75) is 76.9 Å². The summed E-state index contributed by atoms with van der Waals surface area (Å²) in [5.74, 6) is 0.973. The van der Waals surface area contributed by atoms with Crippen LogP contribution in [0, 0.1) is 0 Å². The number of anilines is 1. The van der Waals surface area contributed by atoms with Gasteiger partial charge in [0.2, 0.25) is 0 Å². The molecule has 34 heavy (non-hydrogen) atoms. The maximum Gasteiger partial charge on any atom is 0.258 e. The molecule has 1 aliphatic heterocycles. The van der Waals surface area contributed by atoms with Crippen LogP contribution in [0.3, 0.4) is 0 Å². The summed E-state index contributed by atoms with van der Waals surface area (Å²) in [6.45, 7) is 2.34. The van der Waals surface area contributed by atoms with Crippen LogP contribution in [0.2, 0.25) is 0 Å². The number of hydrogen-bond donors (Lipinski definition) is 3. The second-order valence-electron chi connectivity index (χ2n) is 9.30. The summed E-state index contributed by atoms with van der Waals surface area (Å²) in [7, 11) is 0. The summed E-state index contributed by atoms with van der Waals surface area (Å²) in [5, 5.41) is 10.7. The predicted octanol–water partition coefficient (Wildman–Crippen LogP) is 4.71. The molecule has 0 unspecified atom stereocenters. The lowest BCUT2D eigenvalue weighted by Gasteiger charge is -2.27. The molecule has 5 rings (SSSR count). The van der Waals surface area contributed by atoms with Crippen LogP contribution in [0.25, 0.3) is 0 Å². The van der Waals surface area contributed by atoms with Gasteiger partial charge in [-0.25, -0.2) is 0 Å². The summed E-state index contributed by atoms with van der Waals surface area (Å²) in [4.78, 5) is 26.7. The average Bonchev–Trinajstić information content (AvgIpc) is 3.23. The van der Waals surface area contributed by atoms with Gasteiger partial charge in [0, 0.05) is 10.9 Å². The summed E-state index contributed by atoms with van der Waals surface area (Å²) in [6, 6.07) is 5.87. The lowest BCUT2D eigenvalue weighted by molar-refractivity contribution is -0.124. The molecule has 0 radical (unpaired) electrons. The maximum absolute atomic E-state index is 13.0. The molecule has 182 valence electrons. The second kappa shape index (κ2) is 10.3. The van der Waals surface area contributed by atoms with E-state index in [1.165, 1.54) is 36.1 Å². The van der Waals surface area contributed by atoms with Gasteiger partial charge >= 0.3 is 0 Å². The van der Waals surface area contributed by atoms with Crippen molar-refractivity contribution in [3.05, 3.63) is 39.8 Å². The van der Waals surface area contributed by atoms with Crippen molar-refractivity contribution >= 4 is 28.2 Å². The molecule has 3 N–H and O–H groups in total. The van der Waals surface area contributed by atoms with Crippen LogP contribution in [0.5, 0.6) is 11.5 Å². The molecular formula is C26H33N3O4S. The summed E-state index contributed by atoms with van der Waals surface area (Å²) >= 11 is 1.71. The molecule has 2 aliphatic carbocycles. The van der Waals surface area contributed by atoms with Crippen molar-refractivity contribution in [2.24, 2.45) is 0 Å². The maximum atomic E-state index is 13.0.